The van der Waals surface area contributed by atoms with Crippen LogP contribution in [0.1, 0.15) is 22.5 Å². The normalized spacial score (nSPS) is 11.4. The number of fused-ring (bicyclic) bond motifs is 1. The van der Waals surface area contributed by atoms with Crippen molar-refractivity contribution in [2.24, 2.45) is 0 Å². The van der Waals surface area contributed by atoms with Gasteiger partial charge in [-0.3, -0.25) is 9.59 Å². The molecule has 4 rings (SSSR count). The van der Waals surface area contributed by atoms with Crippen molar-refractivity contribution in [3.63, 3.8) is 0 Å². The van der Waals surface area contributed by atoms with E-state index < -0.39 is 35.6 Å². The number of carbonyl (C=O) groups excluding carboxylic acids is 1. The lowest BCUT2D eigenvalue weighted by molar-refractivity contribution is -0.154. The minimum Gasteiger partial charge on any atom is -0.484 e. The standard InChI is InChI=1S/C27H21ClF3NO5/c1-14-4-5-16(3)21(10-14)36-25-24(34)19-9-8-18(12-22(19)37-26(25)27(29,30)31)35-13-23(33)32-17-7-6-15(2)20(28)11-17/h4-12H,13H2,1-3H3,(H,32,33). The summed E-state index contributed by atoms with van der Waals surface area (Å²) in [6, 6.07) is 13.7. The SMILES string of the molecule is Cc1ccc(C)c(Oc2c(C(F)(F)F)oc3cc(OCC(=O)Nc4ccc(C)c(Cl)c4)ccc3c2=O)c1. The number of amides is 1. The lowest BCUT2D eigenvalue weighted by Gasteiger charge is -2.15. The van der Waals surface area contributed by atoms with Crippen molar-refractivity contribution in [3.8, 4) is 17.2 Å². The molecule has 0 saturated heterocycles. The zero-order valence-electron chi connectivity index (χ0n) is 20.0. The van der Waals surface area contributed by atoms with Crippen LogP contribution in [0.4, 0.5) is 18.9 Å². The Bertz CT molecular complexity index is 1560. The summed E-state index contributed by atoms with van der Waals surface area (Å²) >= 11 is 6.05. The molecule has 0 spiro atoms. The van der Waals surface area contributed by atoms with Crippen LogP contribution in [0, 0.1) is 20.8 Å². The summed E-state index contributed by atoms with van der Waals surface area (Å²) in [7, 11) is 0. The highest BCUT2D eigenvalue weighted by Gasteiger charge is 2.40. The van der Waals surface area contributed by atoms with Crippen molar-refractivity contribution < 1.29 is 31.9 Å². The first-order valence-electron chi connectivity index (χ1n) is 11.0. The number of anilines is 1. The molecule has 10 heteroatoms. The maximum Gasteiger partial charge on any atom is 0.453 e. The minimum absolute atomic E-state index is 0.0315. The van der Waals surface area contributed by atoms with E-state index >= 15 is 0 Å². The van der Waals surface area contributed by atoms with Crippen LogP contribution >= 0.6 is 11.6 Å². The Labute approximate surface area is 214 Å². The molecule has 0 unspecified atom stereocenters. The summed E-state index contributed by atoms with van der Waals surface area (Å²) in [5, 5.41) is 2.94. The van der Waals surface area contributed by atoms with E-state index in [9.17, 15) is 22.8 Å². The highest BCUT2D eigenvalue weighted by Crippen LogP contribution is 2.39. The molecule has 0 aliphatic carbocycles. The molecule has 3 aromatic carbocycles. The molecule has 1 aromatic heterocycles. The Hall–Kier alpha value is -3.98. The van der Waals surface area contributed by atoms with Gasteiger partial charge in [-0.1, -0.05) is 29.8 Å². The van der Waals surface area contributed by atoms with Gasteiger partial charge in [0.25, 0.3) is 11.7 Å². The number of aryl methyl sites for hydroxylation is 3. The molecular formula is C27H21ClF3NO5. The van der Waals surface area contributed by atoms with Crippen LogP contribution in [0.3, 0.4) is 0 Å². The fourth-order valence-corrected chi connectivity index (χ4v) is 3.65. The van der Waals surface area contributed by atoms with Gasteiger partial charge in [0.2, 0.25) is 11.2 Å². The molecular weight excluding hydrogens is 511 g/mol. The van der Waals surface area contributed by atoms with Gasteiger partial charge in [-0.05, 0) is 67.8 Å². The summed E-state index contributed by atoms with van der Waals surface area (Å²) in [6.45, 7) is 4.77. The van der Waals surface area contributed by atoms with Gasteiger partial charge >= 0.3 is 6.18 Å². The van der Waals surface area contributed by atoms with Gasteiger partial charge in [0.1, 0.15) is 17.1 Å². The molecule has 192 valence electrons. The molecule has 37 heavy (non-hydrogen) atoms. The third kappa shape index (κ3) is 5.89. The number of alkyl halides is 3. The first-order valence-corrected chi connectivity index (χ1v) is 11.4. The molecule has 0 aliphatic rings. The molecule has 4 aromatic rings. The van der Waals surface area contributed by atoms with Gasteiger partial charge < -0.3 is 19.2 Å². The maximum atomic E-state index is 13.8. The molecule has 6 nitrogen and oxygen atoms in total. The first-order chi connectivity index (χ1) is 17.4. The molecule has 0 saturated carbocycles. The molecule has 1 heterocycles. The van der Waals surface area contributed by atoms with Crippen LogP contribution in [0.25, 0.3) is 11.0 Å². The van der Waals surface area contributed by atoms with E-state index in [0.29, 0.717) is 16.3 Å². The Balaban J connectivity index is 1.61. The van der Waals surface area contributed by atoms with Gasteiger partial charge in [-0.25, -0.2) is 0 Å². The van der Waals surface area contributed by atoms with Crippen molar-refractivity contribution >= 4 is 34.2 Å². The van der Waals surface area contributed by atoms with E-state index in [1.165, 1.54) is 18.2 Å². The summed E-state index contributed by atoms with van der Waals surface area (Å²) in [5.74, 6) is -2.91. The van der Waals surface area contributed by atoms with Crippen molar-refractivity contribution in [1.29, 1.82) is 0 Å². The summed E-state index contributed by atoms with van der Waals surface area (Å²) in [4.78, 5) is 25.3. The number of hydrogen-bond acceptors (Lipinski definition) is 5. The molecule has 0 radical (unpaired) electrons. The lowest BCUT2D eigenvalue weighted by Crippen LogP contribution is -2.20. The Morgan fingerprint density at radius 1 is 1.00 bits per heavy atom. The molecule has 0 fully saturated rings. The monoisotopic (exact) mass is 531 g/mol. The van der Waals surface area contributed by atoms with Gasteiger partial charge in [-0.15, -0.1) is 0 Å². The van der Waals surface area contributed by atoms with Crippen molar-refractivity contribution in [3.05, 3.63) is 92.3 Å². The second-order valence-electron chi connectivity index (χ2n) is 8.42. The Kier molecular flexibility index (Phi) is 7.18. The van der Waals surface area contributed by atoms with E-state index in [1.54, 1.807) is 44.2 Å². The van der Waals surface area contributed by atoms with Gasteiger partial charge in [0, 0.05) is 16.8 Å². The quantitative estimate of drug-likeness (QED) is 0.285. The van der Waals surface area contributed by atoms with Crippen molar-refractivity contribution in [2.75, 3.05) is 11.9 Å². The average molecular weight is 532 g/mol. The number of hydrogen-bond donors (Lipinski definition) is 1. The van der Waals surface area contributed by atoms with Crippen LogP contribution in [-0.2, 0) is 11.0 Å². The van der Waals surface area contributed by atoms with Crippen molar-refractivity contribution in [1.82, 2.24) is 0 Å². The molecule has 1 amide bonds. The minimum atomic E-state index is -5.01. The van der Waals surface area contributed by atoms with E-state index in [1.807, 2.05) is 6.92 Å². The topological polar surface area (TPSA) is 77.8 Å². The van der Waals surface area contributed by atoms with Crippen molar-refractivity contribution in [2.45, 2.75) is 26.9 Å². The van der Waals surface area contributed by atoms with Crippen LogP contribution in [-0.4, -0.2) is 12.5 Å². The fourth-order valence-electron chi connectivity index (χ4n) is 3.47. The van der Waals surface area contributed by atoms with E-state index in [4.69, 9.17) is 25.5 Å². The molecule has 0 aliphatic heterocycles. The third-order valence-electron chi connectivity index (χ3n) is 5.46. The zero-order valence-corrected chi connectivity index (χ0v) is 20.7. The molecule has 1 N–H and O–H groups in total. The number of nitrogens with one attached hydrogen (secondary N) is 1. The second-order valence-corrected chi connectivity index (χ2v) is 8.82. The number of rotatable bonds is 6. The van der Waals surface area contributed by atoms with Crippen LogP contribution in [0.15, 0.2) is 63.8 Å². The Morgan fingerprint density at radius 3 is 2.43 bits per heavy atom. The van der Waals surface area contributed by atoms with Crippen LogP contribution < -0.4 is 20.2 Å². The molecule has 0 bridgehead atoms. The third-order valence-corrected chi connectivity index (χ3v) is 5.87. The zero-order chi connectivity index (χ0) is 26.9. The number of carbonyl (C=O) groups is 1. The van der Waals surface area contributed by atoms with E-state index in [2.05, 4.69) is 5.32 Å². The van der Waals surface area contributed by atoms with Gasteiger partial charge in [0.15, 0.2) is 6.61 Å². The number of benzene rings is 3. The van der Waals surface area contributed by atoms with Crippen LogP contribution in [0.2, 0.25) is 5.02 Å². The fraction of sp³-hybridized carbons (Fsp3) is 0.185. The number of halogens is 4. The Morgan fingerprint density at radius 2 is 1.73 bits per heavy atom. The second kappa shape index (κ2) is 10.2. The largest absolute Gasteiger partial charge is 0.484 e. The maximum absolute atomic E-state index is 13.8. The predicted octanol–water partition coefficient (Wildman–Crippen LogP) is 7.20. The van der Waals surface area contributed by atoms with Gasteiger partial charge in [-0.2, -0.15) is 13.2 Å². The smallest absolute Gasteiger partial charge is 0.453 e. The van der Waals surface area contributed by atoms with E-state index in [0.717, 1.165) is 17.2 Å². The van der Waals surface area contributed by atoms with E-state index in [-0.39, 0.29) is 22.5 Å². The average Bonchev–Trinajstić information content (AvgIpc) is 2.83. The summed E-state index contributed by atoms with van der Waals surface area (Å²) < 4.78 is 57.5. The first kappa shape index (κ1) is 26.1. The lowest BCUT2D eigenvalue weighted by atomic mass is 10.1. The summed E-state index contributed by atoms with van der Waals surface area (Å²) in [6.07, 6.45) is -5.01. The molecule has 0 atom stereocenters. The van der Waals surface area contributed by atoms with Crippen LogP contribution in [0.5, 0.6) is 17.2 Å². The highest BCUT2D eigenvalue weighted by molar-refractivity contribution is 6.31. The summed E-state index contributed by atoms with van der Waals surface area (Å²) in [5.41, 5.74) is 1.24. The predicted molar refractivity (Wildman–Crippen MR) is 134 cm³/mol. The van der Waals surface area contributed by atoms with Gasteiger partial charge in [0.05, 0.1) is 5.39 Å². The number of ether oxygens (including phenoxy) is 2. The highest BCUT2D eigenvalue weighted by atomic mass is 35.5.